The zero-order valence-electron chi connectivity index (χ0n) is 14.0. The van der Waals surface area contributed by atoms with Crippen LogP contribution in [0.4, 0.5) is 5.13 Å². The number of rotatable bonds is 5. The Morgan fingerprint density at radius 2 is 1.92 bits per heavy atom. The lowest BCUT2D eigenvalue weighted by molar-refractivity contribution is 0.415. The second kappa shape index (κ2) is 7.11. The minimum atomic E-state index is 0.767. The summed E-state index contributed by atoms with van der Waals surface area (Å²) in [4.78, 5) is 10.2. The number of hydrogen-bond donors (Lipinski definition) is 1. The van der Waals surface area contributed by atoms with Gasteiger partial charge >= 0.3 is 0 Å². The molecule has 0 saturated heterocycles. The van der Waals surface area contributed by atoms with E-state index in [1.807, 2.05) is 50.4 Å². The van der Waals surface area contributed by atoms with Crippen LogP contribution in [0.1, 0.15) is 23.2 Å². The number of benzene rings is 1. The van der Waals surface area contributed by atoms with Gasteiger partial charge in [0.05, 0.1) is 34.1 Å². The molecule has 0 bridgehead atoms. The minimum absolute atomic E-state index is 0.767. The fraction of sp³-hybridized carbons (Fsp3) is 0.235. The van der Waals surface area contributed by atoms with Gasteiger partial charge in [0, 0.05) is 5.38 Å². The highest BCUT2D eigenvalue weighted by molar-refractivity contribution is 7.16. The van der Waals surface area contributed by atoms with Crippen LogP contribution in [0.2, 0.25) is 0 Å². The number of anilines is 1. The van der Waals surface area contributed by atoms with E-state index in [0.717, 1.165) is 43.4 Å². The monoisotopic (exact) mass is 358 g/mol. The second-order valence-corrected chi connectivity index (χ2v) is 7.28. The lowest BCUT2D eigenvalue weighted by Crippen LogP contribution is -1.99. The number of aryl methyl sites for hydroxylation is 2. The fourth-order valence-corrected chi connectivity index (χ4v) is 3.83. The van der Waals surface area contributed by atoms with E-state index >= 15 is 0 Å². The maximum absolute atomic E-state index is 5.17. The normalized spacial score (nSPS) is 11.6. The molecule has 1 aromatic carbocycles. The molecule has 5 nitrogen and oxygen atoms in total. The van der Waals surface area contributed by atoms with E-state index in [-0.39, 0.29) is 0 Å². The van der Waals surface area contributed by atoms with Gasteiger partial charge in [-0.3, -0.25) is 5.43 Å². The van der Waals surface area contributed by atoms with Crippen LogP contribution in [-0.2, 0) is 0 Å². The quantitative estimate of drug-likeness (QED) is 0.529. The van der Waals surface area contributed by atoms with Crippen LogP contribution < -0.4 is 10.2 Å². The average Bonchev–Trinajstić information content (AvgIpc) is 3.18. The molecular formula is C17H18N4OS2. The van der Waals surface area contributed by atoms with Crippen molar-refractivity contribution in [3.63, 3.8) is 0 Å². The molecular weight excluding hydrogens is 340 g/mol. The number of methoxy groups -OCH3 is 1. The topological polar surface area (TPSA) is 59.4 Å². The van der Waals surface area contributed by atoms with Gasteiger partial charge in [0.1, 0.15) is 5.75 Å². The summed E-state index contributed by atoms with van der Waals surface area (Å²) < 4.78 is 5.17. The largest absolute Gasteiger partial charge is 0.497 e. The molecule has 0 unspecified atom stereocenters. The highest BCUT2D eigenvalue weighted by Gasteiger charge is 2.11. The van der Waals surface area contributed by atoms with E-state index in [2.05, 4.69) is 20.5 Å². The predicted octanol–water partition coefficient (Wildman–Crippen LogP) is 4.73. The van der Waals surface area contributed by atoms with E-state index in [9.17, 15) is 0 Å². The first kappa shape index (κ1) is 16.6. The Bertz CT molecular complexity index is 865. The van der Waals surface area contributed by atoms with Crippen molar-refractivity contribution in [2.24, 2.45) is 5.10 Å². The molecule has 2 heterocycles. The third-order valence-electron chi connectivity index (χ3n) is 3.47. The molecule has 0 atom stereocenters. The lowest BCUT2D eigenvalue weighted by atomic mass is 10.1. The maximum Gasteiger partial charge on any atom is 0.203 e. The molecule has 3 aromatic rings. The van der Waals surface area contributed by atoms with Crippen molar-refractivity contribution < 1.29 is 4.74 Å². The van der Waals surface area contributed by atoms with Crippen molar-refractivity contribution in [2.75, 3.05) is 12.5 Å². The van der Waals surface area contributed by atoms with Crippen molar-refractivity contribution in [2.45, 2.75) is 20.8 Å². The third-order valence-corrected chi connectivity index (χ3v) is 5.31. The molecule has 0 amide bonds. The van der Waals surface area contributed by atoms with E-state index < -0.39 is 0 Å². The SMILES string of the molecule is COc1ccc(/C(C)=N/Nc2nc(-c3sc(C)nc3C)cs2)cc1. The van der Waals surface area contributed by atoms with Crippen LogP contribution in [0.3, 0.4) is 0 Å². The Hall–Kier alpha value is -2.25. The lowest BCUT2D eigenvalue weighted by Gasteiger charge is -2.03. The van der Waals surface area contributed by atoms with Crippen molar-refractivity contribution in [3.8, 4) is 16.3 Å². The predicted molar refractivity (Wildman–Crippen MR) is 102 cm³/mol. The maximum atomic E-state index is 5.17. The van der Waals surface area contributed by atoms with Crippen molar-refractivity contribution in [1.82, 2.24) is 9.97 Å². The molecule has 3 rings (SSSR count). The molecule has 0 aliphatic rings. The van der Waals surface area contributed by atoms with Gasteiger partial charge in [-0.15, -0.1) is 22.7 Å². The van der Waals surface area contributed by atoms with Crippen LogP contribution >= 0.6 is 22.7 Å². The summed E-state index contributed by atoms with van der Waals surface area (Å²) in [6, 6.07) is 7.81. The number of nitrogens with one attached hydrogen (secondary N) is 1. The van der Waals surface area contributed by atoms with Crippen LogP contribution in [0.15, 0.2) is 34.7 Å². The first-order valence-electron chi connectivity index (χ1n) is 7.41. The summed E-state index contributed by atoms with van der Waals surface area (Å²) in [5.74, 6) is 0.833. The molecule has 1 N–H and O–H groups in total. The average molecular weight is 358 g/mol. The Morgan fingerprint density at radius 3 is 2.54 bits per heavy atom. The molecule has 124 valence electrons. The smallest absolute Gasteiger partial charge is 0.203 e. The minimum Gasteiger partial charge on any atom is -0.497 e. The Labute approximate surface area is 149 Å². The van der Waals surface area contributed by atoms with Gasteiger partial charge in [-0.05, 0) is 50.6 Å². The highest BCUT2D eigenvalue weighted by atomic mass is 32.1. The number of nitrogens with zero attached hydrogens (tertiary/aromatic N) is 3. The van der Waals surface area contributed by atoms with Crippen molar-refractivity contribution >= 4 is 33.5 Å². The number of thiazole rings is 2. The Morgan fingerprint density at radius 1 is 1.17 bits per heavy atom. The van der Waals surface area contributed by atoms with Crippen molar-refractivity contribution in [1.29, 1.82) is 0 Å². The number of aromatic nitrogens is 2. The van der Waals surface area contributed by atoms with E-state index in [1.165, 1.54) is 11.3 Å². The van der Waals surface area contributed by atoms with Crippen molar-refractivity contribution in [3.05, 3.63) is 45.9 Å². The van der Waals surface area contributed by atoms with E-state index in [0.29, 0.717) is 0 Å². The summed E-state index contributed by atoms with van der Waals surface area (Å²) >= 11 is 3.20. The standard InChI is InChI=1S/C17H18N4OS2/c1-10(13-5-7-14(22-4)8-6-13)20-21-17-19-15(9-23-17)16-11(2)18-12(3)24-16/h5-9H,1-4H3,(H,19,21)/b20-10+. The highest BCUT2D eigenvalue weighted by Crippen LogP contribution is 2.32. The Kier molecular flexibility index (Phi) is 4.92. The van der Waals surface area contributed by atoms with Crippen LogP contribution in [0.25, 0.3) is 10.6 Å². The first-order valence-corrected chi connectivity index (χ1v) is 9.11. The summed E-state index contributed by atoms with van der Waals surface area (Å²) in [6.07, 6.45) is 0. The van der Waals surface area contributed by atoms with Gasteiger partial charge in [0.25, 0.3) is 0 Å². The fourth-order valence-electron chi connectivity index (χ4n) is 2.23. The third kappa shape index (κ3) is 3.63. The number of hydrogen-bond acceptors (Lipinski definition) is 7. The van der Waals surface area contributed by atoms with Gasteiger partial charge in [-0.25, -0.2) is 9.97 Å². The van der Waals surface area contributed by atoms with Gasteiger partial charge in [0.15, 0.2) is 0 Å². The van der Waals surface area contributed by atoms with Crippen LogP contribution in [0, 0.1) is 13.8 Å². The molecule has 0 spiro atoms. The van der Waals surface area contributed by atoms with E-state index in [1.54, 1.807) is 18.4 Å². The molecule has 7 heteroatoms. The van der Waals surface area contributed by atoms with Gasteiger partial charge < -0.3 is 4.74 Å². The summed E-state index contributed by atoms with van der Waals surface area (Å²) in [5, 5.41) is 8.27. The van der Waals surface area contributed by atoms with Gasteiger partial charge in [0.2, 0.25) is 5.13 Å². The zero-order valence-corrected chi connectivity index (χ0v) is 15.6. The molecule has 0 saturated carbocycles. The van der Waals surface area contributed by atoms with Crippen LogP contribution in [-0.4, -0.2) is 22.8 Å². The summed E-state index contributed by atoms with van der Waals surface area (Å²) in [7, 11) is 1.66. The number of ether oxygens (including phenoxy) is 1. The molecule has 2 aromatic heterocycles. The van der Waals surface area contributed by atoms with Gasteiger partial charge in [-0.1, -0.05) is 0 Å². The second-order valence-electron chi connectivity index (χ2n) is 5.22. The molecule has 24 heavy (non-hydrogen) atoms. The van der Waals surface area contributed by atoms with Crippen LogP contribution in [0.5, 0.6) is 5.75 Å². The molecule has 0 aliphatic heterocycles. The molecule has 0 fully saturated rings. The molecule has 0 aliphatic carbocycles. The number of hydrazone groups is 1. The summed E-state index contributed by atoms with van der Waals surface area (Å²) in [6.45, 7) is 5.98. The van der Waals surface area contributed by atoms with Gasteiger partial charge in [-0.2, -0.15) is 5.10 Å². The molecule has 0 radical (unpaired) electrons. The zero-order chi connectivity index (χ0) is 17.1. The summed E-state index contributed by atoms with van der Waals surface area (Å²) in [5.41, 5.74) is 6.93. The van der Waals surface area contributed by atoms with E-state index in [4.69, 9.17) is 4.74 Å². The Balaban J connectivity index is 1.73. The first-order chi connectivity index (χ1) is 11.6.